The molecule has 0 aliphatic rings. The first kappa shape index (κ1) is 16.4. The van der Waals surface area contributed by atoms with Crippen LogP contribution in [0.5, 0.6) is 0 Å². The molecule has 1 unspecified atom stereocenters. The summed E-state index contributed by atoms with van der Waals surface area (Å²) in [6.45, 7) is 1.32. The van der Waals surface area contributed by atoms with Crippen molar-refractivity contribution in [1.82, 2.24) is 4.72 Å². The number of aromatic carboxylic acids is 1. The molecule has 0 aliphatic heterocycles. The van der Waals surface area contributed by atoms with Gasteiger partial charge in [-0.1, -0.05) is 11.6 Å². The standard InChI is InChI=1S/C11H12ClNO6S/c1-6(11(16)19-2)13-20(17,18)7-3-4-8(10(14)15)9(12)5-7/h3-6,13H,1-2H3,(H,14,15). The van der Waals surface area contributed by atoms with Crippen molar-refractivity contribution in [2.75, 3.05) is 7.11 Å². The number of carbonyl (C=O) groups is 2. The maximum Gasteiger partial charge on any atom is 0.337 e. The Hall–Kier alpha value is -1.64. The molecule has 0 radical (unpaired) electrons. The van der Waals surface area contributed by atoms with Gasteiger partial charge in [0.05, 0.1) is 22.6 Å². The summed E-state index contributed by atoms with van der Waals surface area (Å²) in [7, 11) is -2.88. The minimum Gasteiger partial charge on any atom is -0.478 e. The molecule has 0 saturated heterocycles. The number of nitrogens with one attached hydrogen (secondary N) is 1. The van der Waals surface area contributed by atoms with Crippen molar-refractivity contribution in [2.24, 2.45) is 0 Å². The molecular weight excluding hydrogens is 310 g/mol. The molecule has 0 fully saturated rings. The quantitative estimate of drug-likeness (QED) is 0.779. The molecule has 1 aromatic carbocycles. The van der Waals surface area contributed by atoms with Crippen LogP contribution in [-0.2, 0) is 19.6 Å². The Morgan fingerprint density at radius 1 is 1.40 bits per heavy atom. The molecule has 9 heteroatoms. The highest BCUT2D eigenvalue weighted by molar-refractivity contribution is 7.89. The van der Waals surface area contributed by atoms with Gasteiger partial charge in [0.1, 0.15) is 6.04 Å². The molecule has 110 valence electrons. The lowest BCUT2D eigenvalue weighted by molar-refractivity contribution is -0.142. The number of esters is 1. The zero-order chi connectivity index (χ0) is 15.5. The maximum atomic E-state index is 12.0. The Bertz CT molecular complexity index is 642. The van der Waals surface area contributed by atoms with Crippen LogP contribution < -0.4 is 4.72 Å². The van der Waals surface area contributed by atoms with E-state index in [4.69, 9.17) is 16.7 Å². The van der Waals surface area contributed by atoms with Gasteiger partial charge >= 0.3 is 11.9 Å². The zero-order valence-electron chi connectivity index (χ0n) is 10.6. The zero-order valence-corrected chi connectivity index (χ0v) is 12.2. The van der Waals surface area contributed by atoms with Gasteiger partial charge < -0.3 is 9.84 Å². The van der Waals surface area contributed by atoms with Crippen LogP contribution in [0, 0.1) is 0 Å². The maximum absolute atomic E-state index is 12.0. The largest absolute Gasteiger partial charge is 0.478 e. The molecule has 20 heavy (non-hydrogen) atoms. The molecule has 0 aliphatic carbocycles. The van der Waals surface area contributed by atoms with Crippen LogP contribution in [0.4, 0.5) is 0 Å². The Balaban J connectivity index is 3.08. The highest BCUT2D eigenvalue weighted by Gasteiger charge is 2.23. The number of sulfonamides is 1. The number of carboxylic acid groups (broad SMARTS) is 1. The van der Waals surface area contributed by atoms with Crippen LogP contribution in [0.25, 0.3) is 0 Å². The molecule has 0 heterocycles. The third-order valence-electron chi connectivity index (χ3n) is 2.37. The number of benzene rings is 1. The SMILES string of the molecule is COC(=O)C(C)NS(=O)(=O)c1ccc(C(=O)O)c(Cl)c1. The van der Waals surface area contributed by atoms with E-state index in [9.17, 15) is 18.0 Å². The highest BCUT2D eigenvalue weighted by Crippen LogP contribution is 2.21. The first-order chi connectivity index (χ1) is 9.19. The first-order valence-corrected chi connectivity index (χ1v) is 7.18. The number of halogens is 1. The van der Waals surface area contributed by atoms with Gasteiger partial charge in [0.15, 0.2) is 0 Å². The Labute approximate surface area is 120 Å². The predicted molar refractivity (Wildman–Crippen MR) is 70.2 cm³/mol. The van der Waals surface area contributed by atoms with Crippen LogP contribution in [0.3, 0.4) is 0 Å². The lowest BCUT2D eigenvalue weighted by Gasteiger charge is -2.12. The van der Waals surface area contributed by atoms with Gasteiger partial charge in [0.25, 0.3) is 0 Å². The molecule has 0 saturated carbocycles. The van der Waals surface area contributed by atoms with Crippen molar-refractivity contribution in [3.05, 3.63) is 28.8 Å². The Morgan fingerprint density at radius 3 is 2.45 bits per heavy atom. The van der Waals surface area contributed by atoms with Crippen LogP contribution in [0.1, 0.15) is 17.3 Å². The van der Waals surface area contributed by atoms with E-state index in [0.29, 0.717) is 0 Å². The fourth-order valence-corrected chi connectivity index (χ4v) is 2.91. The summed E-state index contributed by atoms with van der Waals surface area (Å²) >= 11 is 5.69. The van der Waals surface area contributed by atoms with Gasteiger partial charge in [-0.3, -0.25) is 4.79 Å². The molecule has 0 aromatic heterocycles. The van der Waals surface area contributed by atoms with Crippen molar-refractivity contribution in [3.8, 4) is 0 Å². The Morgan fingerprint density at radius 2 is 2.00 bits per heavy atom. The monoisotopic (exact) mass is 321 g/mol. The summed E-state index contributed by atoms with van der Waals surface area (Å²) in [5, 5.41) is 8.58. The van der Waals surface area contributed by atoms with Gasteiger partial charge in [-0.2, -0.15) is 4.72 Å². The van der Waals surface area contributed by atoms with Crippen molar-refractivity contribution in [1.29, 1.82) is 0 Å². The lowest BCUT2D eigenvalue weighted by Crippen LogP contribution is -2.39. The molecule has 1 atom stereocenters. The molecule has 2 N–H and O–H groups in total. The smallest absolute Gasteiger partial charge is 0.337 e. The van der Waals surface area contributed by atoms with Gasteiger partial charge in [0, 0.05) is 0 Å². The van der Waals surface area contributed by atoms with Gasteiger partial charge in [-0.15, -0.1) is 0 Å². The molecule has 1 aromatic rings. The lowest BCUT2D eigenvalue weighted by atomic mass is 10.2. The minimum atomic E-state index is -4.01. The van der Waals surface area contributed by atoms with Crippen molar-refractivity contribution in [3.63, 3.8) is 0 Å². The number of carboxylic acids is 1. The summed E-state index contributed by atoms with van der Waals surface area (Å²) in [6, 6.07) is 2.07. The summed E-state index contributed by atoms with van der Waals surface area (Å²) in [5.41, 5.74) is -0.216. The number of hydrogen-bond donors (Lipinski definition) is 2. The van der Waals surface area contributed by atoms with E-state index < -0.39 is 28.0 Å². The van der Waals surface area contributed by atoms with Crippen LogP contribution >= 0.6 is 11.6 Å². The van der Waals surface area contributed by atoms with Crippen molar-refractivity contribution < 1.29 is 27.9 Å². The minimum absolute atomic E-state index is 0.216. The van der Waals surface area contributed by atoms with E-state index in [1.165, 1.54) is 6.92 Å². The summed E-state index contributed by atoms with van der Waals surface area (Å²) < 4.78 is 30.4. The fraction of sp³-hybridized carbons (Fsp3) is 0.273. The second kappa shape index (κ2) is 6.21. The predicted octanol–water partition coefficient (Wildman–Crippen LogP) is 0.878. The van der Waals surface area contributed by atoms with Gasteiger partial charge in [-0.05, 0) is 25.1 Å². The summed E-state index contributed by atoms with van der Waals surface area (Å²) in [5.74, 6) is -2.02. The van der Waals surface area contributed by atoms with E-state index in [0.717, 1.165) is 25.3 Å². The van der Waals surface area contributed by atoms with Gasteiger partial charge in [0.2, 0.25) is 10.0 Å². The number of ether oxygens (including phenoxy) is 1. The second-order valence-electron chi connectivity index (χ2n) is 3.81. The number of methoxy groups -OCH3 is 1. The highest BCUT2D eigenvalue weighted by atomic mass is 35.5. The summed E-state index contributed by atoms with van der Waals surface area (Å²) in [6.07, 6.45) is 0. The van der Waals surface area contributed by atoms with E-state index in [1.54, 1.807) is 0 Å². The molecule has 0 spiro atoms. The number of carbonyl (C=O) groups excluding carboxylic acids is 1. The fourth-order valence-electron chi connectivity index (χ4n) is 1.36. The van der Waals surface area contributed by atoms with Crippen LogP contribution in [0.15, 0.2) is 23.1 Å². The van der Waals surface area contributed by atoms with Crippen molar-refractivity contribution in [2.45, 2.75) is 17.9 Å². The summed E-state index contributed by atoms with van der Waals surface area (Å²) in [4.78, 5) is 21.7. The number of rotatable bonds is 5. The average molecular weight is 322 g/mol. The first-order valence-electron chi connectivity index (χ1n) is 5.32. The molecule has 0 bridgehead atoms. The second-order valence-corrected chi connectivity index (χ2v) is 5.93. The molecular formula is C11H12ClNO6S. The van der Waals surface area contributed by atoms with Crippen LogP contribution in [0.2, 0.25) is 5.02 Å². The molecule has 1 rings (SSSR count). The van der Waals surface area contributed by atoms with E-state index in [1.807, 2.05) is 0 Å². The van der Waals surface area contributed by atoms with Crippen LogP contribution in [-0.4, -0.2) is 38.6 Å². The average Bonchev–Trinajstić information content (AvgIpc) is 2.36. The molecule has 0 amide bonds. The molecule has 7 nitrogen and oxygen atoms in total. The van der Waals surface area contributed by atoms with E-state index >= 15 is 0 Å². The Kier molecular flexibility index (Phi) is 5.09. The van der Waals surface area contributed by atoms with Gasteiger partial charge in [-0.25, -0.2) is 13.2 Å². The number of hydrogen-bond acceptors (Lipinski definition) is 5. The van der Waals surface area contributed by atoms with Crippen molar-refractivity contribution >= 4 is 33.6 Å². The topological polar surface area (TPSA) is 110 Å². The third kappa shape index (κ3) is 3.69. The normalized spacial score (nSPS) is 12.8. The third-order valence-corrected chi connectivity index (χ3v) is 4.22. The van der Waals surface area contributed by atoms with E-state index in [2.05, 4.69) is 9.46 Å². The van der Waals surface area contributed by atoms with E-state index in [-0.39, 0.29) is 15.5 Å².